The Morgan fingerprint density at radius 3 is 2.39 bits per heavy atom. The highest BCUT2D eigenvalue weighted by atomic mass is 32.1. The topological polar surface area (TPSA) is 37.8 Å². The Kier molecular flexibility index (Phi) is 4.09. The smallest absolute Gasteiger partial charge is 0.124 e. The number of hydrogen-bond acceptors (Lipinski definition) is 4. The fourth-order valence-corrected chi connectivity index (χ4v) is 2.93. The van der Waals surface area contributed by atoms with Crippen LogP contribution in [0.3, 0.4) is 0 Å². The van der Waals surface area contributed by atoms with Gasteiger partial charge in [0.25, 0.3) is 0 Å². The van der Waals surface area contributed by atoms with Gasteiger partial charge in [0.05, 0.1) is 5.69 Å². The first kappa shape index (κ1) is 13.2. The molecule has 96 valence electrons. The summed E-state index contributed by atoms with van der Waals surface area (Å²) >= 11 is 1.77. The average molecular weight is 261 g/mol. The zero-order valence-corrected chi connectivity index (χ0v) is 12.2. The second-order valence-corrected chi connectivity index (χ2v) is 5.53. The van der Waals surface area contributed by atoms with Crippen molar-refractivity contribution in [3.05, 3.63) is 34.1 Å². The maximum absolute atomic E-state index is 4.67. The second kappa shape index (κ2) is 5.59. The molecule has 0 bridgehead atoms. The summed E-state index contributed by atoms with van der Waals surface area (Å²) in [5.41, 5.74) is 4.40. The summed E-state index contributed by atoms with van der Waals surface area (Å²) in [4.78, 5) is 10.4. The Balaban J connectivity index is 2.33. The zero-order chi connectivity index (χ0) is 13.1. The molecule has 0 fully saturated rings. The predicted molar refractivity (Wildman–Crippen MR) is 76.9 cm³/mol. The van der Waals surface area contributed by atoms with Crippen LogP contribution in [0.4, 0.5) is 0 Å². The number of thiazole rings is 1. The van der Waals surface area contributed by atoms with E-state index in [0.29, 0.717) is 0 Å². The van der Waals surface area contributed by atoms with Crippen LogP contribution >= 0.6 is 11.3 Å². The molecule has 0 aliphatic carbocycles. The average Bonchev–Trinajstić information content (AvgIpc) is 2.67. The van der Waals surface area contributed by atoms with E-state index in [9.17, 15) is 0 Å². The number of hydrogen-bond donors (Lipinski definition) is 1. The molecule has 0 unspecified atom stereocenters. The lowest BCUT2D eigenvalue weighted by Crippen LogP contribution is -2.11. The monoisotopic (exact) mass is 261 g/mol. The third kappa shape index (κ3) is 2.94. The molecule has 0 radical (unpaired) electrons. The van der Waals surface area contributed by atoms with Crippen molar-refractivity contribution in [1.82, 2.24) is 15.3 Å². The van der Waals surface area contributed by atoms with Gasteiger partial charge >= 0.3 is 0 Å². The first-order valence-corrected chi connectivity index (χ1v) is 7.04. The lowest BCUT2D eigenvalue weighted by Gasteiger charge is -2.00. The van der Waals surface area contributed by atoms with Crippen molar-refractivity contribution in [2.45, 2.75) is 34.2 Å². The number of aryl methyl sites for hydroxylation is 3. The van der Waals surface area contributed by atoms with Gasteiger partial charge in [0.1, 0.15) is 5.01 Å². The quantitative estimate of drug-likeness (QED) is 0.918. The largest absolute Gasteiger partial charge is 0.312 e. The van der Waals surface area contributed by atoms with E-state index >= 15 is 0 Å². The fourth-order valence-electron chi connectivity index (χ4n) is 1.91. The third-order valence-corrected chi connectivity index (χ3v) is 3.96. The van der Waals surface area contributed by atoms with Crippen LogP contribution in [0.15, 0.2) is 12.1 Å². The van der Waals surface area contributed by atoms with E-state index in [-0.39, 0.29) is 0 Å². The van der Waals surface area contributed by atoms with Gasteiger partial charge in [0.2, 0.25) is 0 Å². The van der Waals surface area contributed by atoms with Crippen LogP contribution < -0.4 is 5.32 Å². The first-order chi connectivity index (χ1) is 8.60. The highest BCUT2D eigenvalue weighted by molar-refractivity contribution is 7.15. The summed E-state index contributed by atoms with van der Waals surface area (Å²) in [5, 5.41) is 4.44. The summed E-state index contributed by atoms with van der Waals surface area (Å²) in [6.07, 6.45) is 0. The molecule has 3 nitrogen and oxygen atoms in total. The minimum absolute atomic E-state index is 0.906. The Hall–Kier alpha value is -1.26. The Bertz CT molecular complexity index is 526. The first-order valence-electron chi connectivity index (χ1n) is 6.23. The highest BCUT2D eigenvalue weighted by Gasteiger charge is 2.09. The van der Waals surface area contributed by atoms with Crippen LogP contribution in [0, 0.1) is 20.8 Å². The maximum atomic E-state index is 4.67. The van der Waals surface area contributed by atoms with E-state index in [2.05, 4.69) is 41.3 Å². The van der Waals surface area contributed by atoms with Gasteiger partial charge in [0.15, 0.2) is 0 Å². The predicted octanol–water partition coefficient (Wildman–Crippen LogP) is 3.24. The van der Waals surface area contributed by atoms with Gasteiger partial charge in [-0.1, -0.05) is 6.92 Å². The summed E-state index contributed by atoms with van der Waals surface area (Å²) < 4.78 is 0. The Labute approximate surface area is 112 Å². The molecule has 18 heavy (non-hydrogen) atoms. The molecule has 2 aromatic rings. The molecule has 2 aromatic heterocycles. The molecule has 0 saturated carbocycles. The Morgan fingerprint density at radius 2 is 1.78 bits per heavy atom. The molecule has 0 atom stereocenters. The van der Waals surface area contributed by atoms with Crippen LogP contribution in [0.25, 0.3) is 10.6 Å². The summed E-state index contributed by atoms with van der Waals surface area (Å²) in [7, 11) is 0. The standard InChI is InChI=1S/C14H19N3S/c1-5-15-8-13-11(4)17-14(18-13)12-6-9(2)16-10(3)7-12/h6-7,15H,5,8H2,1-4H3. The summed E-state index contributed by atoms with van der Waals surface area (Å²) in [5.74, 6) is 0. The van der Waals surface area contributed by atoms with E-state index in [1.54, 1.807) is 11.3 Å². The third-order valence-electron chi connectivity index (χ3n) is 2.76. The molecule has 0 aliphatic rings. The number of nitrogens with one attached hydrogen (secondary N) is 1. The van der Waals surface area contributed by atoms with Gasteiger partial charge in [-0.25, -0.2) is 4.98 Å². The minimum atomic E-state index is 0.906. The second-order valence-electron chi connectivity index (χ2n) is 4.45. The van der Waals surface area contributed by atoms with E-state index in [1.165, 1.54) is 10.4 Å². The molecule has 0 saturated heterocycles. The van der Waals surface area contributed by atoms with E-state index in [0.717, 1.165) is 35.2 Å². The van der Waals surface area contributed by atoms with Crippen LogP contribution in [-0.2, 0) is 6.54 Å². The fraction of sp³-hybridized carbons (Fsp3) is 0.429. The zero-order valence-electron chi connectivity index (χ0n) is 11.4. The molecule has 2 rings (SSSR count). The van der Waals surface area contributed by atoms with Crippen molar-refractivity contribution < 1.29 is 0 Å². The van der Waals surface area contributed by atoms with Crippen molar-refractivity contribution in [1.29, 1.82) is 0 Å². The van der Waals surface area contributed by atoms with Crippen molar-refractivity contribution in [3.63, 3.8) is 0 Å². The number of pyridine rings is 1. The van der Waals surface area contributed by atoms with Crippen LogP contribution in [0.5, 0.6) is 0 Å². The molecule has 0 amide bonds. The molecular formula is C14H19N3S. The van der Waals surface area contributed by atoms with E-state index in [1.807, 2.05) is 13.8 Å². The van der Waals surface area contributed by atoms with E-state index < -0.39 is 0 Å². The van der Waals surface area contributed by atoms with Gasteiger partial charge in [-0.05, 0) is 39.4 Å². The minimum Gasteiger partial charge on any atom is -0.312 e. The van der Waals surface area contributed by atoms with Gasteiger partial charge in [-0.2, -0.15) is 0 Å². The van der Waals surface area contributed by atoms with Gasteiger partial charge < -0.3 is 5.32 Å². The lowest BCUT2D eigenvalue weighted by atomic mass is 10.2. The van der Waals surface area contributed by atoms with Gasteiger partial charge in [-0.15, -0.1) is 11.3 Å². The van der Waals surface area contributed by atoms with Crippen molar-refractivity contribution in [2.24, 2.45) is 0 Å². The molecule has 0 spiro atoms. The number of aromatic nitrogens is 2. The number of rotatable bonds is 4. The molecule has 4 heteroatoms. The molecule has 0 aromatic carbocycles. The van der Waals surface area contributed by atoms with Crippen molar-refractivity contribution >= 4 is 11.3 Å². The number of nitrogens with zero attached hydrogens (tertiary/aromatic N) is 2. The van der Waals surface area contributed by atoms with Crippen LogP contribution in [0.2, 0.25) is 0 Å². The molecular weight excluding hydrogens is 242 g/mol. The van der Waals surface area contributed by atoms with Crippen LogP contribution in [-0.4, -0.2) is 16.5 Å². The molecule has 1 N–H and O–H groups in total. The highest BCUT2D eigenvalue weighted by Crippen LogP contribution is 2.28. The summed E-state index contributed by atoms with van der Waals surface area (Å²) in [6, 6.07) is 4.20. The maximum Gasteiger partial charge on any atom is 0.124 e. The lowest BCUT2D eigenvalue weighted by molar-refractivity contribution is 0.731. The summed E-state index contributed by atoms with van der Waals surface area (Å²) in [6.45, 7) is 10.1. The van der Waals surface area contributed by atoms with Gasteiger partial charge in [-0.3, -0.25) is 4.98 Å². The van der Waals surface area contributed by atoms with Crippen molar-refractivity contribution in [3.8, 4) is 10.6 Å². The molecule has 2 heterocycles. The van der Waals surface area contributed by atoms with Crippen LogP contribution in [0.1, 0.15) is 28.9 Å². The Morgan fingerprint density at radius 1 is 1.11 bits per heavy atom. The normalized spacial score (nSPS) is 10.9. The van der Waals surface area contributed by atoms with Crippen molar-refractivity contribution in [2.75, 3.05) is 6.54 Å². The van der Waals surface area contributed by atoms with E-state index in [4.69, 9.17) is 0 Å². The molecule has 0 aliphatic heterocycles. The SMILES string of the molecule is CCNCc1sc(-c2cc(C)nc(C)c2)nc1C. The van der Waals surface area contributed by atoms with Gasteiger partial charge in [0, 0.05) is 28.4 Å².